The number of piperazine rings is 1. The van der Waals surface area contributed by atoms with E-state index in [0.29, 0.717) is 11.8 Å². The van der Waals surface area contributed by atoms with Crippen molar-refractivity contribution in [3.63, 3.8) is 0 Å². The lowest BCUT2D eigenvalue weighted by atomic mass is 10.3. The zero-order valence-corrected chi connectivity index (χ0v) is 18.8. The van der Waals surface area contributed by atoms with Gasteiger partial charge in [0.2, 0.25) is 11.8 Å². The molecular weight excluding hydrogens is 503 g/mol. The summed E-state index contributed by atoms with van der Waals surface area (Å²) in [6.45, 7) is 5.01. The Hall–Kier alpha value is -0.880. The van der Waals surface area contributed by atoms with Gasteiger partial charge in [0.05, 0.1) is 17.8 Å². The smallest absolute Gasteiger partial charge is 0.232 e. The average Bonchev–Trinajstić information content (AvgIpc) is 2.62. The van der Waals surface area contributed by atoms with Crippen molar-refractivity contribution in [1.29, 1.82) is 0 Å². The quantitative estimate of drug-likeness (QED) is 0.260. The molecule has 0 aliphatic carbocycles. The Morgan fingerprint density at radius 2 is 2.04 bits per heavy atom. The van der Waals surface area contributed by atoms with Crippen molar-refractivity contribution in [3.05, 3.63) is 10.7 Å². The number of ether oxygens (including phenoxy) is 2. The summed E-state index contributed by atoms with van der Waals surface area (Å²) >= 11 is 3.38. The van der Waals surface area contributed by atoms with E-state index in [2.05, 4.69) is 46.0 Å². The highest BCUT2D eigenvalue weighted by Crippen LogP contribution is 2.23. The number of nitrogens with one attached hydrogen (secondary N) is 1. The molecule has 1 aliphatic heterocycles. The van der Waals surface area contributed by atoms with Crippen LogP contribution in [0.4, 0.5) is 5.95 Å². The molecule has 0 saturated carbocycles. The number of nitrogens with zero attached hydrogens (tertiary/aromatic N) is 5. The second-order valence-electron chi connectivity index (χ2n) is 5.32. The van der Waals surface area contributed by atoms with Crippen molar-refractivity contribution >= 4 is 51.8 Å². The molecular formula is C15H26BrIN6O2. The molecule has 1 N–H and O–H groups in total. The van der Waals surface area contributed by atoms with Crippen LogP contribution in [0.5, 0.6) is 5.88 Å². The van der Waals surface area contributed by atoms with E-state index in [1.54, 1.807) is 20.4 Å². The Bertz CT molecular complexity index is 555. The molecule has 8 nitrogen and oxygen atoms in total. The van der Waals surface area contributed by atoms with Crippen molar-refractivity contribution in [1.82, 2.24) is 20.2 Å². The van der Waals surface area contributed by atoms with Crippen molar-refractivity contribution in [2.24, 2.45) is 4.99 Å². The Morgan fingerprint density at radius 3 is 2.64 bits per heavy atom. The predicted octanol–water partition coefficient (Wildman–Crippen LogP) is 1.60. The van der Waals surface area contributed by atoms with Crippen molar-refractivity contribution < 1.29 is 9.47 Å². The molecule has 0 atom stereocenters. The maximum atomic E-state index is 5.24. The SMILES string of the molecule is CN=C(NCCCOC)N1CCN(c2ncc(Br)c(OC)n2)CC1.I. The summed E-state index contributed by atoms with van der Waals surface area (Å²) in [6, 6.07) is 0. The van der Waals surface area contributed by atoms with Gasteiger partial charge >= 0.3 is 0 Å². The molecule has 1 saturated heterocycles. The number of aromatic nitrogens is 2. The highest BCUT2D eigenvalue weighted by molar-refractivity contribution is 14.0. The third kappa shape index (κ3) is 6.41. The van der Waals surface area contributed by atoms with Gasteiger partial charge in [0.15, 0.2) is 5.96 Å². The summed E-state index contributed by atoms with van der Waals surface area (Å²) in [7, 11) is 5.13. The Morgan fingerprint density at radius 1 is 1.32 bits per heavy atom. The zero-order valence-electron chi connectivity index (χ0n) is 14.9. The molecule has 0 unspecified atom stereocenters. The fourth-order valence-corrected chi connectivity index (χ4v) is 2.86. The van der Waals surface area contributed by atoms with Crippen LogP contribution in [0.3, 0.4) is 0 Å². The fourth-order valence-electron chi connectivity index (χ4n) is 2.51. The first kappa shape index (κ1) is 22.2. The van der Waals surface area contributed by atoms with Gasteiger partial charge in [0, 0.05) is 53.5 Å². The van der Waals surface area contributed by atoms with Gasteiger partial charge in [-0.15, -0.1) is 24.0 Å². The highest BCUT2D eigenvalue weighted by atomic mass is 127. The van der Waals surface area contributed by atoms with Gasteiger partial charge in [-0.2, -0.15) is 4.98 Å². The summed E-state index contributed by atoms with van der Waals surface area (Å²) in [5.74, 6) is 2.18. The topological polar surface area (TPSA) is 75.1 Å². The van der Waals surface area contributed by atoms with Crippen LogP contribution in [0.25, 0.3) is 0 Å². The lowest BCUT2D eigenvalue weighted by molar-refractivity contribution is 0.195. The molecule has 1 aliphatic rings. The van der Waals surface area contributed by atoms with E-state index in [9.17, 15) is 0 Å². The van der Waals surface area contributed by atoms with Crippen LogP contribution in [0.2, 0.25) is 0 Å². The first-order valence-electron chi connectivity index (χ1n) is 7.95. The number of aliphatic imine (C=N–C) groups is 1. The second-order valence-corrected chi connectivity index (χ2v) is 6.18. The molecule has 1 aromatic rings. The number of hydrogen-bond acceptors (Lipinski definition) is 6. The number of guanidine groups is 1. The van der Waals surface area contributed by atoms with Gasteiger partial charge in [-0.05, 0) is 22.4 Å². The zero-order chi connectivity index (χ0) is 17.4. The van der Waals surface area contributed by atoms with E-state index in [-0.39, 0.29) is 24.0 Å². The van der Waals surface area contributed by atoms with Crippen molar-refractivity contribution in [2.45, 2.75) is 6.42 Å². The second kappa shape index (κ2) is 11.7. The fraction of sp³-hybridized carbons (Fsp3) is 0.667. The molecule has 1 fully saturated rings. The molecule has 0 bridgehead atoms. The molecule has 142 valence electrons. The van der Waals surface area contributed by atoms with E-state index in [1.807, 2.05) is 7.05 Å². The van der Waals surface area contributed by atoms with Gasteiger partial charge in [-0.25, -0.2) is 4.98 Å². The van der Waals surface area contributed by atoms with Crippen LogP contribution in [-0.2, 0) is 4.74 Å². The van der Waals surface area contributed by atoms with E-state index < -0.39 is 0 Å². The van der Waals surface area contributed by atoms with Gasteiger partial charge in [0.25, 0.3) is 0 Å². The summed E-state index contributed by atoms with van der Waals surface area (Å²) < 4.78 is 11.1. The third-order valence-electron chi connectivity index (χ3n) is 3.77. The van der Waals surface area contributed by atoms with E-state index >= 15 is 0 Å². The molecule has 1 aromatic heterocycles. The molecule has 0 amide bonds. The molecule has 0 aromatic carbocycles. The van der Waals surface area contributed by atoms with E-state index in [1.165, 1.54) is 0 Å². The van der Waals surface area contributed by atoms with Crippen LogP contribution < -0.4 is 15.0 Å². The van der Waals surface area contributed by atoms with Crippen LogP contribution in [0.1, 0.15) is 6.42 Å². The van der Waals surface area contributed by atoms with Crippen molar-refractivity contribution in [3.8, 4) is 5.88 Å². The third-order valence-corrected chi connectivity index (χ3v) is 4.32. The van der Waals surface area contributed by atoms with E-state index in [4.69, 9.17) is 9.47 Å². The largest absolute Gasteiger partial charge is 0.480 e. The summed E-state index contributed by atoms with van der Waals surface area (Å²) in [5, 5.41) is 3.37. The number of halogens is 2. The minimum absolute atomic E-state index is 0. The Kier molecular flexibility index (Phi) is 10.4. The summed E-state index contributed by atoms with van der Waals surface area (Å²) in [5.41, 5.74) is 0. The van der Waals surface area contributed by atoms with Crippen LogP contribution in [-0.4, -0.2) is 81.4 Å². The van der Waals surface area contributed by atoms with Crippen LogP contribution >= 0.6 is 39.9 Å². The molecule has 10 heteroatoms. The first-order valence-corrected chi connectivity index (χ1v) is 8.75. The first-order chi connectivity index (χ1) is 11.7. The minimum Gasteiger partial charge on any atom is -0.480 e. The van der Waals surface area contributed by atoms with Gasteiger partial charge in [0.1, 0.15) is 0 Å². The normalized spacial score (nSPS) is 15.0. The molecule has 25 heavy (non-hydrogen) atoms. The van der Waals surface area contributed by atoms with E-state index in [0.717, 1.165) is 56.2 Å². The molecule has 2 rings (SSSR count). The monoisotopic (exact) mass is 528 g/mol. The summed E-state index contributed by atoms with van der Waals surface area (Å²) in [4.78, 5) is 17.6. The van der Waals surface area contributed by atoms with Gasteiger partial charge < -0.3 is 24.6 Å². The molecule has 0 spiro atoms. The number of methoxy groups -OCH3 is 2. The van der Waals surface area contributed by atoms with Gasteiger partial charge in [-0.3, -0.25) is 4.99 Å². The molecule has 0 radical (unpaired) electrons. The van der Waals surface area contributed by atoms with Crippen LogP contribution in [0.15, 0.2) is 15.7 Å². The average molecular weight is 529 g/mol. The number of anilines is 1. The standard InChI is InChI=1S/C15H25BrN6O2.HI/c1-17-14(18-5-4-10-23-2)21-6-8-22(9-7-21)15-19-11-12(16)13(20-15)24-3;/h11H,4-10H2,1-3H3,(H,17,18);1H. The maximum Gasteiger partial charge on any atom is 0.232 e. The molecule has 2 heterocycles. The summed E-state index contributed by atoms with van der Waals surface area (Å²) in [6.07, 6.45) is 2.69. The lowest BCUT2D eigenvalue weighted by Gasteiger charge is -2.36. The Balaban J connectivity index is 0.00000312. The van der Waals surface area contributed by atoms with Crippen molar-refractivity contribution in [2.75, 3.05) is 65.5 Å². The minimum atomic E-state index is 0. The van der Waals surface area contributed by atoms with Gasteiger partial charge in [-0.1, -0.05) is 0 Å². The highest BCUT2D eigenvalue weighted by Gasteiger charge is 2.22. The number of rotatable bonds is 6. The number of hydrogen-bond donors (Lipinski definition) is 1. The predicted molar refractivity (Wildman–Crippen MR) is 113 cm³/mol. The Labute approximate surface area is 174 Å². The maximum absolute atomic E-state index is 5.24. The van der Waals surface area contributed by atoms with Crippen LogP contribution in [0, 0.1) is 0 Å². The lowest BCUT2D eigenvalue weighted by Crippen LogP contribution is -2.53.